The molecule has 0 aromatic heterocycles. The average molecular weight is 497 g/mol. The van der Waals surface area contributed by atoms with Crippen molar-refractivity contribution in [2.24, 2.45) is 0 Å². The highest BCUT2D eigenvalue weighted by Crippen LogP contribution is 2.22. The molecule has 0 atom stereocenters. The molecule has 184 valence electrons. The number of hydrogen-bond acceptors (Lipinski definition) is 4. The molecule has 1 heterocycles. The molecule has 3 aromatic carbocycles. The largest absolute Gasteiger partial charge is 0.369 e. The van der Waals surface area contributed by atoms with Crippen molar-refractivity contribution in [1.82, 2.24) is 14.9 Å². The molecule has 9 heteroatoms. The van der Waals surface area contributed by atoms with Gasteiger partial charge in [0.15, 0.2) is 0 Å². The van der Waals surface area contributed by atoms with Crippen LogP contribution in [-0.2, 0) is 10.0 Å². The molecule has 1 aliphatic heterocycles. The third kappa shape index (κ3) is 6.58. The van der Waals surface area contributed by atoms with Crippen LogP contribution in [0.2, 0.25) is 0 Å². The van der Waals surface area contributed by atoms with E-state index in [2.05, 4.69) is 10.6 Å². The summed E-state index contributed by atoms with van der Waals surface area (Å²) in [6.07, 6.45) is 0. The number of urea groups is 1. The normalized spacial score (nSPS) is 14.6. The fourth-order valence-electron chi connectivity index (χ4n) is 4.13. The molecule has 35 heavy (non-hydrogen) atoms. The zero-order chi connectivity index (χ0) is 24.7. The van der Waals surface area contributed by atoms with Gasteiger partial charge in [-0.25, -0.2) is 17.6 Å². The summed E-state index contributed by atoms with van der Waals surface area (Å²) in [6.45, 7) is 1.73. The summed E-state index contributed by atoms with van der Waals surface area (Å²) in [7, 11) is -3.52. The van der Waals surface area contributed by atoms with Crippen LogP contribution < -0.4 is 15.5 Å². The molecule has 1 aliphatic rings. The van der Waals surface area contributed by atoms with E-state index >= 15 is 0 Å². The Bertz CT molecular complexity index is 1160. The molecular formula is C26H29FN4O3S. The van der Waals surface area contributed by atoms with E-state index in [1.165, 1.54) is 16.4 Å². The van der Waals surface area contributed by atoms with Gasteiger partial charge in [-0.05, 0) is 35.4 Å². The summed E-state index contributed by atoms with van der Waals surface area (Å²) in [6, 6.07) is 24.6. The van der Waals surface area contributed by atoms with E-state index in [-0.39, 0.29) is 24.2 Å². The van der Waals surface area contributed by atoms with Crippen molar-refractivity contribution < 1.29 is 17.6 Å². The molecule has 7 nitrogen and oxygen atoms in total. The van der Waals surface area contributed by atoms with Crippen LogP contribution in [0.4, 0.5) is 14.9 Å². The molecule has 0 unspecified atom stereocenters. The van der Waals surface area contributed by atoms with E-state index in [4.69, 9.17) is 0 Å². The van der Waals surface area contributed by atoms with Crippen molar-refractivity contribution in [3.05, 3.63) is 102 Å². The van der Waals surface area contributed by atoms with Crippen LogP contribution >= 0.6 is 0 Å². The maximum Gasteiger partial charge on any atom is 0.315 e. The molecule has 1 fully saturated rings. The van der Waals surface area contributed by atoms with Crippen LogP contribution in [0.1, 0.15) is 17.2 Å². The lowest BCUT2D eigenvalue weighted by Gasteiger charge is -2.35. The van der Waals surface area contributed by atoms with Crippen LogP contribution in [0.5, 0.6) is 0 Å². The number of benzene rings is 3. The molecule has 0 saturated carbocycles. The number of hydrogen-bond donors (Lipinski definition) is 2. The number of piperazine rings is 1. The summed E-state index contributed by atoms with van der Waals surface area (Å²) in [5, 5.41) is 5.64. The number of halogens is 1. The highest BCUT2D eigenvalue weighted by molar-refractivity contribution is 7.89. The Morgan fingerprint density at radius 3 is 1.91 bits per heavy atom. The van der Waals surface area contributed by atoms with Gasteiger partial charge in [0.25, 0.3) is 0 Å². The monoisotopic (exact) mass is 496 g/mol. The first-order valence-corrected chi connectivity index (χ1v) is 13.2. The lowest BCUT2D eigenvalue weighted by atomic mass is 9.99. The van der Waals surface area contributed by atoms with Crippen LogP contribution in [-0.4, -0.2) is 57.2 Å². The number of nitrogens with one attached hydrogen (secondary N) is 2. The molecule has 4 rings (SSSR count). The Hall–Kier alpha value is -3.43. The Labute approximate surface area is 205 Å². The van der Waals surface area contributed by atoms with Crippen molar-refractivity contribution >= 4 is 21.7 Å². The fourth-order valence-corrected chi connectivity index (χ4v) is 5.47. The third-order valence-corrected chi connectivity index (χ3v) is 7.88. The minimum Gasteiger partial charge on any atom is -0.369 e. The van der Waals surface area contributed by atoms with E-state index in [0.29, 0.717) is 26.2 Å². The molecule has 0 spiro atoms. The molecule has 0 aliphatic carbocycles. The summed E-state index contributed by atoms with van der Waals surface area (Å²) in [5.74, 6) is -0.483. The highest BCUT2D eigenvalue weighted by atomic mass is 32.2. The van der Waals surface area contributed by atoms with E-state index in [1.807, 2.05) is 65.6 Å². The highest BCUT2D eigenvalue weighted by Gasteiger charge is 2.27. The Morgan fingerprint density at radius 1 is 0.829 bits per heavy atom. The second-order valence-electron chi connectivity index (χ2n) is 8.33. The van der Waals surface area contributed by atoms with Crippen molar-refractivity contribution in [3.8, 4) is 0 Å². The van der Waals surface area contributed by atoms with Crippen LogP contribution in [0.25, 0.3) is 0 Å². The van der Waals surface area contributed by atoms with E-state index in [1.54, 1.807) is 12.1 Å². The summed E-state index contributed by atoms with van der Waals surface area (Å²) in [5.41, 5.74) is 2.73. The quantitative estimate of drug-likeness (QED) is 0.501. The lowest BCUT2D eigenvalue weighted by molar-refractivity contribution is 0.239. The first-order valence-electron chi connectivity index (χ1n) is 11.5. The van der Waals surface area contributed by atoms with Gasteiger partial charge >= 0.3 is 6.03 Å². The number of nitrogens with zero attached hydrogens (tertiary/aromatic N) is 2. The Morgan fingerprint density at radius 2 is 1.37 bits per heavy atom. The Kier molecular flexibility index (Phi) is 7.99. The van der Waals surface area contributed by atoms with Gasteiger partial charge in [0.05, 0.1) is 11.8 Å². The Balaban J connectivity index is 1.28. The smallest absolute Gasteiger partial charge is 0.315 e. The average Bonchev–Trinajstić information content (AvgIpc) is 2.89. The van der Waals surface area contributed by atoms with Crippen LogP contribution in [0.3, 0.4) is 0 Å². The van der Waals surface area contributed by atoms with Gasteiger partial charge in [0.1, 0.15) is 5.82 Å². The zero-order valence-corrected chi connectivity index (χ0v) is 20.1. The van der Waals surface area contributed by atoms with Gasteiger partial charge in [-0.3, -0.25) is 0 Å². The van der Waals surface area contributed by atoms with E-state index in [0.717, 1.165) is 16.8 Å². The third-order valence-electron chi connectivity index (χ3n) is 6.01. The first kappa shape index (κ1) is 24.7. The molecule has 0 bridgehead atoms. The SMILES string of the molecule is O=C(NCCS(=O)(=O)N1CCN(c2ccc(F)cc2)CC1)NC(c1ccccc1)c1ccccc1. The lowest BCUT2D eigenvalue weighted by Crippen LogP contribution is -2.50. The van der Waals surface area contributed by atoms with E-state index < -0.39 is 16.1 Å². The molecule has 1 saturated heterocycles. The summed E-state index contributed by atoms with van der Waals surface area (Å²) >= 11 is 0. The van der Waals surface area contributed by atoms with Crippen LogP contribution in [0, 0.1) is 5.82 Å². The molecule has 2 N–H and O–H groups in total. The van der Waals surface area contributed by atoms with Crippen molar-refractivity contribution in [2.75, 3.05) is 43.4 Å². The first-order chi connectivity index (χ1) is 16.9. The predicted molar refractivity (Wildman–Crippen MR) is 135 cm³/mol. The number of rotatable bonds is 8. The zero-order valence-electron chi connectivity index (χ0n) is 19.3. The van der Waals surface area contributed by atoms with Gasteiger partial charge < -0.3 is 15.5 Å². The van der Waals surface area contributed by atoms with Crippen molar-refractivity contribution in [1.29, 1.82) is 0 Å². The second kappa shape index (κ2) is 11.3. The molecular weight excluding hydrogens is 467 g/mol. The standard InChI is InChI=1S/C26H29FN4O3S/c27-23-11-13-24(14-12-23)30-16-18-31(19-17-30)35(33,34)20-15-28-26(32)29-25(21-7-3-1-4-8-21)22-9-5-2-6-10-22/h1-14,25H,15-20H2,(H2,28,29,32). The number of anilines is 1. The van der Waals surface area contributed by atoms with Crippen LogP contribution in [0.15, 0.2) is 84.9 Å². The summed E-state index contributed by atoms with van der Waals surface area (Å²) in [4.78, 5) is 14.7. The maximum absolute atomic E-state index is 13.1. The van der Waals surface area contributed by atoms with Crippen molar-refractivity contribution in [2.45, 2.75) is 6.04 Å². The van der Waals surface area contributed by atoms with Crippen molar-refractivity contribution in [3.63, 3.8) is 0 Å². The number of carbonyl (C=O) groups is 1. The molecule has 2 amide bonds. The molecule has 3 aromatic rings. The fraction of sp³-hybridized carbons (Fsp3) is 0.269. The number of amides is 2. The van der Waals surface area contributed by atoms with Gasteiger partial charge in [-0.2, -0.15) is 4.31 Å². The minimum absolute atomic E-state index is 0.00262. The predicted octanol–water partition coefficient (Wildman–Crippen LogP) is 3.37. The number of carbonyl (C=O) groups excluding carboxylic acids is 1. The van der Waals surface area contributed by atoms with Gasteiger partial charge in [0, 0.05) is 38.4 Å². The number of sulfonamides is 1. The topological polar surface area (TPSA) is 81.8 Å². The van der Waals surface area contributed by atoms with E-state index in [9.17, 15) is 17.6 Å². The molecule has 0 radical (unpaired) electrons. The second-order valence-corrected chi connectivity index (χ2v) is 10.4. The maximum atomic E-state index is 13.1. The minimum atomic E-state index is -3.52. The van der Waals surface area contributed by atoms with Gasteiger partial charge in [-0.1, -0.05) is 60.7 Å². The van der Waals surface area contributed by atoms with Gasteiger partial charge in [-0.15, -0.1) is 0 Å². The van der Waals surface area contributed by atoms with Gasteiger partial charge in [0.2, 0.25) is 10.0 Å². The summed E-state index contributed by atoms with van der Waals surface area (Å²) < 4.78 is 40.2.